The molecule has 0 saturated heterocycles. The lowest BCUT2D eigenvalue weighted by atomic mass is 10.00. The van der Waals surface area contributed by atoms with Gasteiger partial charge in [0.25, 0.3) is 0 Å². The molecule has 4 nitrogen and oxygen atoms in total. The molecule has 0 unspecified atom stereocenters. The Kier molecular flexibility index (Phi) is 2.71. The van der Waals surface area contributed by atoms with Gasteiger partial charge >= 0.3 is 5.63 Å². The predicted octanol–water partition coefficient (Wildman–Crippen LogP) is 3.06. The van der Waals surface area contributed by atoms with Crippen molar-refractivity contribution in [3.63, 3.8) is 0 Å². The van der Waals surface area contributed by atoms with E-state index in [2.05, 4.69) is 0 Å². The van der Waals surface area contributed by atoms with E-state index in [4.69, 9.17) is 10.2 Å². The first-order chi connectivity index (χ1) is 9.56. The van der Waals surface area contributed by atoms with Gasteiger partial charge in [-0.25, -0.2) is 4.79 Å². The molecule has 0 aliphatic heterocycles. The Labute approximate surface area is 115 Å². The van der Waals surface area contributed by atoms with Crippen LogP contribution in [0.3, 0.4) is 0 Å². The van der Waals surface area contributed by atoms with Gasteiger partial charge in [0.15, 0.2) is 0 Å². The van der Waals surface area contributed by atoms with Crippen LogP contribution in [-0.4, -0.2) is 5.11 Å². The number of phenolic OH excluding ortho intramolecular Hbond substituents is 1. The quantitative estimate of drug-likeness (QED) is 0.524. The Morgan fingerprint density at radius 3 is 2.50 bits per heavy atom. The number of anilines is 1. The molecule has 3 N–H and O–H groups in total. The van der Waals surface area contributed by atoms with Crippen LogP contribution in [0.25, 0.3) is 22.1 Å². The maximum atomic E-state index is 11.7. The first kappa shape index (κ1) is 12.3. The average molecular weight is 267 g/mol. The van der Waals surface area contributed by atoms with Crippen molar-refractivity contribution in [1.29, 1.82) is 0 Å². The van der Waals surface area contributed by atoms with E-state index in [1.807, 2.05) is 12.1 Å². The number of hydrogen-bond acceptors (Lipinski definition) is 4. The monoisotopic (exact) mass is 267 g/mol. The van der Waals surface area contributed by atoms with E-state index >= 15 is 0 Å². The topological polar surface area (TPSA) is 76.5 Å². The largest absolute Gasteiger partial charge is 0.508 e. The van der Waals surface area contributed by atoms with Crippen molar-refractivity contribution in [2.45, 2.75) is 6.92 Å². The minimum absolute atomic E-state index is 0.107. The van der Waals surface area contributed by atoms with Crippen LogP contribution in [0, 0.1) is 6.92 Å². The smallest absolute Gasteiger partial charge is 0.336 e. The third-order valence-electron chi connectivity index (χ3n) is 3.35. The van der Waals surface area contributed by atoms with Crippen molar-refractivity contribution in [2.24, 2.45) is 0 Å². The third-order valence-corrected chi connectivity index (χ3v) is 3.35. The summed E-state index contributed by atoms with van der Waals surface area (Å²) in [5.74, 6) is 0.107. The normalized spacial score (nSPS) is 10.8. The fourth-order valence-corrected chi connectivity index (χ4v) is 2.25. The second-order valence-corrected chi connectivity index (χ2v) is 4.69. The van der Waals surface area contributed by atoms with Crippen molar-refractivity contribution in [3.05, 3.63) is 58.4 Å². The van der Waals surface area contributed by atoms with Gasteiger partial charge < -0.3 is 15.3 Å². The lowest BCUT2D eigenvalue weighted by molar-refractivity contribution is 0.468. The molecular weight excluding hydrogens is 254 g/mol. The molecule has 0 aliphatic rings. The Balaban J connectivity index is 2.38. The molecule has 2 aromatic carbocycles. The Bertz CT molecular complexity index is 848. The molecule has 0 saturated carbocycles. The van der Waals surface area contributed by atoms with Gasteiger partial charge in [-0.05, 0) is 42.3 Å². The van der Waals surface area contributed by atoms with Crippen LogP contribution < -0.4 is 11.4 Å². The lowest BCUT2D eigenvalue weighted by Crippen LogP contribution is -1.99. The summed E-state index contributed by atoms with van der Waals surface area (Å²) in [5, 5.41) is 10.5. The summed E-state index contributed by atoms with van der Waals surface area (Å²) in [7, 11) is 0. The van der Waals surface area contributed by atoms with Gasteiger partial charge in [0.05, 0.1) is 0 Å². The number of hydrogen-bond donors (Lipinski definition) is 2. The first-order valence-electron chi connectivity index (χ1n) is 6.18. The van der Waals surface area contributed by atoms with Gasteiger partial charge in [-0.2, -0.15) is 0 Å². The van der Waals surface area contributed by atoms with Crippen LogP contribution in [0.1, 0.15) is 5.56 Å². The third kappa shape index (κ3) is 1.91. The van der Waals surface area contributed by atoms with E-state index in [9.17, 15) is 9.90 Å². The molecular formula is C16H13NO3. The fraction of sp³-hybridized carbons (Fsp3) is 0.0625. The van der Waals surface area contributed by atoms with E-state index in [-0.39, 0.29) is 5.75 Å². The van der Waals surface area contributed by atoms with E-state index in [1.165, 1.54) is 6.07 Å². The predicted molar refractivity (Wildman–Crippen MR) is 78.7 cm³/mol. The standard InChI is InChI=1S/C16H13NO3/c1-9-14(18)7-6-12-13(8-15(19)20-16(9)12)10-2-4-11(17)5-3-10/h2-8,18H,17H2,1H3. The van der Waals surface area contributed by atoms with Crippen molar-refractivity contribution >= 4 is 16.7 Å². The van der Waals surface area contributed by atoms with Gasteiger partial charge in [-0.1, -0.05) is 12.1 Å². The molecule has 0 fully saturated rings. The van der Waals surface area contributed by atoms with Gasteiger partial charge in [0, 0.05) is 22.7 Å². The molecule has 4 heteroatoms. The molecule has 0 radical (unpaired) electrons. The Morgan fingerprint density at radius 2 is 1.80 bits per heavy atom. The SMILES string of the molecule is Cc1c(O)ccc2c(-c3ccc(N)cc3)cc(=O)oc12. The minimum atomic E-state index is -0.446. The number of benzene rings is 2. The average Bonchev–Trinajstić information content (AvgIpc) is 2.43. The zero-order chi connectivity index (χ0) is 14.3. The maximum absolute atomic E-state index is 11.7. The van der Waals surface area contributed by atoms with Crippen LogP contribution in [0.2, 0.25) is 0 Å². The zero-order valence-corrected chi connectivity index (χ0v) is 10.9. The molecule has 0 amide bonds. The molecule has 100 valence electrons. The molecule has 3 aromatic rings. The maximum Gasteiger partial charge on any atom is 0.336 e. The molecule has 0 aliphatic carbocycles. The molecule has 3 rings (SSSR count). The summed E-state index contributed by atoms with van der Waals surface area (Å²) in [6.07, 6.45) is 0. The number of fused-ring (bicyclic) bond motifs is 1. The summed E-state index contributed by atoms with van der Waals surface area (Å²) >= 11 is 0. The van der Waals surface area contributed by atoms with E-state index in [0.29, 0.717) is 16.8 Å². The molecule has 0 bridgehead atoms. The van der Waals surface area contributed by atoms with Crippen molar-refractivity contribution < 1.29 is 9.52 Å². The van der Waals surface area contributed by atoms with Crippen molar-refractivity contribution in [1.82, 2.24) is 0 Å². The van der Waals surface area contributed by atoms with Crippen LogP contribution >= 0.6 is 0 Å². The summed E-state index contributed by atoms with van der Waals surface area (Å²) in [6, 6.07) is 12.1. The summed E-state index contributed by atoms with van der Waals surface area (Å²) in [5.41, 5.74) is 8.49. The van der Waals surface area contributed by atoms with Gasteiger partial charge in [0.1, 0.15) is 11.3 Å². The van der Waals surface area contributed by atoms with Crippen LogP contribution in [0.15, 0.2) is 51.7 Å². The number of aryl methyl sites for hydroxylation is 1. The van der Waals surface area contributed by atoms with Crippen molar-refractivity contribution in [3.8, 4) is 16.9 Å². The fourth-order valence-electron chi connectivity index (χ4n) is 2.25. The zero-order valence-electron chi connectivity index (χ0n) is 10.9. The number of nitrogens with two attached hydrogens (primary N) is 1. The molecule has 20 heavy (non-hydrogen) atoms. The van der Waals surface area contributed by atoms with E-state index < -0.39 is 5.63 Å². The molecule has 0 spiro atoms. The number of rotatable bonds is 1. The van der Waals surface area contributed by atoms with E-state index in [0.717, 1.165) is 16.5 Å². The molecule has 1 heterocycles. The highest BCUT2D eigenvalue weighted by atomic mass is 16.4. The van der Waals surface area contributed by atoms with Gasteiger partial charge in [-0.15, -0.1) is 0 Å². The molecule has 0 atom stereocenters. The van der Waals surface area contributed by atoms with Crippen LogP contribution in [0.5, 0.6) is 5.75 Å². The van der Waals surface area contributed by atoms with Gasteiger partial charge in [0.2, 0.25) is 0 Å². The Morgan fingerprint density at radius 1 is 1.10 bits per heavy atom. The second kappa shape index (κ2) is 4.42. The summed E-state index contributed by atoms with van der Waals surface area (Å²) < 4.78 is 5.22. The van der Waals surface area contributed by atoms with Crippen LogP contribution in [0.4, 0.5) is 5.69 Å². The summed E-state index contributed by atoms with van der Waals surface area (Å²) in [6.45, 7) is 1.72. The lowest BCUT2D eigenvalue weighted by Gasteiger charge is -2.08. The molecule has 1 aromatic heterocycles. The highest BCUT2D eigenvalue weighted by Gasteiger charge is 2.11. The van der Waals surface area contributed by atoms with Gasteiger partial charge in [-0.3, -0.25) is 0 Å². The second-order valence-electron chi connectivity index (χ2n) is 4.69. The minimum Gasteiger partial charge on any atom is -0.508 e. The van der Waals surface area contributed by atoms with Crippen molar-refractivity contribution in [2.75, 3.05) is 5.73 Å². The Hall–Kier alpha value is -2.75. The first-order valence-corrected chi connectivity index (χ1v) is 6.18. The highest BCUT2D eigenvalue weighted by Crippen LogP contribution is 2.32. The van der Waals surface area contributed by atoms with E-state index in [1.54, 1.807) is 31.2 Å². The van der Waals surface area contributed by atoms with Crippen LogP contribution in [-0.2, 0) is 0 Å². The highest BCUT2D eigenvalue weighted by molar-refractivity contribution is 5.95. The number of aromatic hydroxyl groups is 1. The number of phenols is 1. The summed E-state index contributed by atoms with van der Waals surface area (Å²) in [4.78, 5) is 11.7. The number of nitrogen functional groups attached to an aromatic ring is 1.